The molecule has 1 N–H and O–H groups in total. The number of aryl methyl sites for hydroxylation is 1. The fourth-order valence-electron chi connectivity index (χ4n) is 5.14. The molecule has 48 heavy (non-hydrogen) atoms. The summed E-state index contributed by atoms with van der Waals surface area (Å²) in [6.07, 6.45) is -4.17. The molecule has 254 valence electrons. The van der Waals surface area contributed by atoms with Crippen LogP contribution in [0, 0.1) is 6.92 Å². The van der Waals surface area contributed by atoms with Crippen LogP contribution in [-0.2, 0) is 38.8 Å². The molecule has 4 aromatic rings. The zero-order chi connectivity index (χ0) is 35.1. The fourth-order valence-corrected chi connectivity index (χ4v) is 6.79. The van der Waals surface area contributed by atoms with Gasteiger partial charge in [-0.05, 0) is 61.7 Å². The lowest BCUT2D eigenvalue weighted by molar-refractivity contribution is -0.140. The first-order valence-corrected chi connectivity index (χ1v) is 17.2. The Balaban J connectivity index is 1.86. The van der Waals surface area contributed by atoms with Crippen molar-refractivity contribution in [1.82, 2.24) is 10.2 Å². The number of carbonyl (C=O) groups excluding carboxylic acids is 2. The minimum atomic E-state index is -4.90. The van der Waals surface area contributed by atoms with E-state index in [0.717, 1.165) is 23.3 Å². The minimum absolute atomic E-state index is 0.0699. The smallest absolute Gasteiger partial charge is 0.352 e. The maximum absolute atomic E-state index is 14.5. The normalized spacial score (nSPS) is 13.0. The summed E-state index contributed by atoms with van der Waals surface area (Å²) in [5.74, 6) is -1.24. The highest BCUT2D eigenvalue weighted by Crippen LogP contribution is 2.38. The molecule has 0 aliphatic carbocycles. The van der Waals surface area contributed by atoms with Gasteiger partial charge in [0.15, 0.2) is 0 Å². The summed E-state index contributed by atoms with van der Waals surface area (Å²) >= 11 is 5.88. The van der Waals surface area contributed by atoms with Gasteiger partial charge in [-0.15, -0.1) is 0 Å². The van der Waals surface area contributed by atoms with Gasteiger partial charge in [0.1, 0.15) is 12.6 Å². The Kier molecular flexibility index (Phi) is 11.9. The SMILES string of the molecule is CC[C@@H](C)NC(=O)[C@@H](Cc1ccccc1)N(Cc1cccc(C)c1)C(=O)CN(c1ccc(Cl)c(C(F)(F)F)c1)S(=O)(=O)c1ccccc1. The van der Waals surface area contributed by atoms with Crippen molar-refractivity contribution in [3.05, 3.63) is 130 Å². The molecule has 12 heteroatoms. The lowest BCUT2D eigenvalue weighted by Gasteiger charge is -2.34. The van der Waals surface area contributed by atoms with Crippen molar-refractivity contribution in [2.45, 2.75) is 63.3 Å². The molecule has 0 heterocycles. The van der Waals surface area contributed by atoms with Crippen LogP contribution in [0.25, 0.3) is 0 Å². The maximum atomic E-state index is 14.5. The second kappa shape index (κ2) is 15.7. The van der Waals surface area contributed by atoms with Crippen LogP contribution in [0.1, 0.15) is 42.5 Å². The number of halogens is 4. The Bertz CT molecular complexity index is 1820. The van der Waals surface area contributed by atoms with E-state index in [-0.39, 0.29) is 23.9 Å². The highest BCUT2D eigenvalue weighted by atomic mass is 35.5. The fraction of sp³-hybridized carbons (Fsp3) is 0.278. The number of carbonyl (C=O) groups is 2. The monoisotopic (exact) mass is 699 g/mol. The van der Waals surface area contributed by atoms with Crippen molar-refractivity contribution in [3.63, 3.8) is 0 Å². The minimum Gasteiger partial charge on any atom is -0.352 e. The molecule has 0 fully saturated rings. The lowest BCUT2D eigenvalue weighted by atomic mass is 10.0. The molecule has 0 spiro atoms. The van der Waals surface area contributed by atoms with Crippen molar-refractivity contribution in [1.29, 1.82) is 0 Å². The average Bonchev–Trinajstić information content (AvgIpc) is 3.05. The first-order valence-electron chi connectivity index (χ1n) is 15.3. The van der Waals surface area contributed by atoms with E-state index in [9.17, 15) is 31.2 Å². The molecular weight excluding hydrogens is 663 g/mol. The summed E-state index contributed by atoms with van der Waals surface area (Å²) in [4.78, 5) is 29.5. The predicted octanol–water partition coefficient (Wildman–Crippen LogP) is 7.42. The van der Waals surface area contributed by atoms with Crippen LogP contribution in [0.5, 0.6) is 0 Å². The molecule has 2 amide bonds. The van der Waals surface area contributed by atoms with Gasteiger partial charge in [-0.1, -0.05) is 96.9 Å². The second-order valence-electron chi connectivity index (χ2n) is 11.5. The molecular formula is C36H37ClF3N3O4S. The summed E-state index contributed by atoms with van der Waals surface area (Å²) < 4.78 is 70.6. The van der Waals surface area contributed by atoms with Gasteiger partial charge in [0.25, 0.3) is 10.0 Å². The van der Waals surface area contributed by atoms with Gasteiger partial charge in [-0.25, -0.2) is 8.42 Å². The summed E-state index contributed by atoms with van der Waals surface area (Å²) in [6, 6.07) is 24.8. The van der Waals surface area contributed by atoms with Crippen molar-refractivity contribution >= 4 is 39.1 Å². The van der Waals surface area contributed by atoms with E-state index in [4.69, 9.17) is 11.6 Å². The molecule has 0 aliphatic rings. The number of nitrogens with one attached hydrogen (secondary N) is 1. The molecule has 0 radical (unpaired) electrons. The van der Waals surface area contributed by atoms with Crippen LogP contribution < -0.4 is 9.62 Å². The number of nitrogens with zero attached hydrogens (tertiary/aromatic N) is 2. The van der Waals surface area contributed by atoms with Crippen molar-refractivity contribution in [2.24, 2.45) is 0 Å². The van der Waals surface area contributed by atoms with Crippen LogP contribution in [0.2, 0.25) is 5.02 Å². The molecule has 0 aromatic heterocycles. The molecule has 2 atom stereocenters. The summed E-state index contributed by atoms with van der Waals surface area (Å²) in [7, 11) is -4.59. The van der Waals surface area contributed by atoms with Gasteiger partial charge >= 0.3 is 6.18 Å². The van der Waals surface area contributed by atoms with Gasteiger partial charge in [0, 0.05) is 19.0 Å². The topological polar surface area (TPSA) is 86.8 Å². The Morgan fingerprint density at radius 1 is 0.875 bits per heavy atom. The van der Waals surface area contributed by atoms with E-state index >= 15 is 0 Å². The Labute approximate surface area is 284 Å². The molecule has 4 aromatic carbocycles. The molecule has 0 unspecified atom stereocenters. The molecule has 4 rings (SSSR count). The summed E-state index contributed by atoms with van der Waals surface area (Å²) in [5, 5.41) is 2.32. The van der Waals surface area contributed by atoms with Crippen molar-refractivity contribution in [3.8, 4) is 0 Å². The number of amides is 2. The average molecular weight is 700 g/mol. The number of hydrogen-bond donors (Lipinski definition) is 1. The quantitative estimate of drug-likeness (QED) is 0.157. The number of alkyl halides is 3. The van der Waals surface area contributed by atoms with Crippen LogP contribution >= 0.6 is 11.6 Å². The Morgan fingerprint density at radius 2 is 1.50 bits per heavy atom. The zero-order valence-corrected chi connectivity index (χ0v) is 28.3. The third-order valence-electron chi connectivity index (χ3n) is 7.86. The second-order valence-corrected chi connectivity index (χ2v) is 13.8. The largest absolute Gasteiger partial charge is 0.417 e. The van der Waals surface area contributed by atoms with Gasteiger partial charge in [0.2, 0.25) is 11.8 Å². The van der Waals surface area contributed by atoms with Crippen molar-refractivity contribution in [2.75, 3.05) is 10.8 Å². The van der Waals surface area contributed by atoms with Gasteiger partial charge < -0.3 is 10.2 Å². The van der Waals surface area contributed by atoms with Gasteiger partial charge in [0.05, 0.1) is 21.2 Å². The Morgan fingerprint density at radius 3 is 2.10 bits per heavy atom. The van der Waals surface area contributed by atoms with Crippen molar-refractivity contribution < 1.29 is 31.2 Å². The van der Waals surface area contributed by atoms with Gasteiger partial charge in [-0.3, -0.25) is 13.9 Å². The van der Waals surface area contributed by atoms with Crippen LogP contribution in [0.3, 0.4) is 0 Å². The van der Waals surface area contributed by atoms with Crippen LogP contribution in [0.4, 0.5) is 18.9 Å². The summed E-state index contributed by atoms with van der Waals surface area (Å²) in [6.45, 7) is 4.64. The number of rotatable bonds is 13. The number of hydrogen-bond acceptors (Lipinski definition) is 4. The lowest BCUT2D eigenvalue weighted by Crippen LogP contribution is -2.54. The molecule has 0 saturated heterocycles. The zero-order valence-electron chi connectivity index (χ0n) is 26.7. The Hall–Kier alpha value is -4.35. The van der Waals surface area contributed by atoms with Crippen LogP contribution in [0.15, 0.2) is 108 Å². The van der Waals surface area contributed by atoms with E-state index in [0.29, 0.717) is 22.4 Å². The van der Waals surface area contributed by atoms with E-state index < -0.39 is 56.9 Å². The van der Waals surface area contributed by atoms with E-state index in [1.807, 2.05) is 51.1 Å². The van der Waals surface area contributed by atoms with Crippen LogP contribution in [-0.4, -0.2) is 43.8 Å². The third-order valence-corrected chi connectivity index (χ3v) is 9.98. The predicted molar refractivity (Wildman–Crippen MR) is 181 cm³/mol. The summed E-state index contributed by atoms with van der Waals surface area (Å²) in [5.41, 5.74) is 0.667. The van der Waals surface area contributed by atoms with E-state index in [1.54, 1.807) is 30.3 Å². The number of sulfonamides is 1. The highest BCUT2D eigenvalue weighted by molar-refractivity contribution is 7.92. The molecule has 7 nitrogen and oxygen atoms in total. The number of anilines is 1. The first kappa shape index (κ1) is 36.5. The van der Waals surface area contributed by atoms with Gasteiger partial charge in [-0.2, -0.15) is 13.2 Å². The van der Waals surface area contributed by atoms with E-state index in [1.165, 1.54) is 29.2 Å². The standard InChI is InChI=1S/C36H37ClF3N3O4S/c1-4-26(3)41-35(45)33(21-27-13-7-5-8-14-27)42(23-28-15-11-12-25(2)20-28)34(44)24-43(48(46,47)30-16-9-6-10-17-30)29-18-19-32(37)31(22-29)36(38,39)40/h5-20,22,26,33H,4,21,23-24H2,1-3H3,(H,41,45)/t26-,33-/m1/s1. The van der Waals surface area contributed by atoms with E-state index in [2.05, 4.69) is 5.32 Å². The number of benzene rings is 4. The third kappa shape index (κ3) is 9.17. The maximum Gasteiger partial charge on any atom is 0.417 e. The molecule has 0 saturated carbocycles. The highest BCUT2D eigenvalue weighted by Gasteiger charge is 2.37. The molecule has 0 bridgehead atoms. The first-order chi connectivity index (χ1) is 22.7. The molecule has 0 aliphatic heterocycles.